The normalized spacial score (nSPS) is 30.6. The van der Waals surface area contributed by atoms with E-state index < -0.39 is 12.6 Å². The topological polar surface area (TPSA) is 38.7 Å². The molecule has 2 aliphatic rings. The minimum Gasteiger partial charge on any atom is -0.399 e. The van der Waals surface area contributed by atoms with Gasteiger partial charge in [0.1, 0.15) is 7.85 Å². The molecule has 104 valence electrons. The summed E-state index contributed by atoms with van der Waals surface area (Å²) in [6.07, 6.45) is 0.929. The van der Waals surface area contributed by atoms with Crippen LogP contribution in [0.5, 0.6) is 0 Å². The molecule has 2 radical (unpaired) electrons. The third-order valence-electron chi connectivity index (χ3n) is 4.80. The van der Waals surface area contributed by atoms with Gasteiger partial charge in [0, 0.05) is 5.50 Å². The summed E-state index contributed by atoms with van der Waals surface area (Å²) in [5, 5.41) is 10.1. The summed E-state index contributed by atoms with van der Waals surface area (Å²) in [6, 6.07) is 5.98. The van der Waals surface area contributed by atoms with Crippen LogP contribution in [-0.2, 0) is 22.2 Å². The summed E-state index contributed by atoms with van der Waals surface area (Å²) in [7, 11) is 5.48. The van der Waals surface area contributed by atoms with Gasteiger partial charge in [-0.2, -0.15) is 0 Å². The van der Waals surface area contributed by atoms with Gasteiger partial charge in [0.25, 0.3) is 0 Å². The smallest absolute Gasteiger partial charge is 0.399 e. The van der Waals surface area contributed by atoms with E-state index in [-0.39, 0.29) is 11.2 Å². The molecule has 0 saturated carbocycles. The van der Waals surface area contributed by atoms with Crippen LogP contribution in [0.25, 0.3) is 0 Å². The van der Waals surface area contributed by atoms with Crippen LogP contribution in [0.15, 0.2) is 18.2 Å². The van der Waals surface area contributed by atoms with Crippen molar-refractivity contribution in [2.24, 2.45) is 0 Å². The largest absolute Gasteiger partial charge is 0.495 e. The van der Waals surface area contributed by atoms with Crippen molar-refractivity contribution in [3.63, 3.8) is 0 Å². The number of hydrogen-bond donors (Lipinski definition) is 1. The molecule has 1 unspecified atom stereocenters. The minimum absolute atomic E-state index is 0.363. The first-order chi connectivity index (χ1) is 9.11. The molecule has 1 aliphatic heterocycles. The Hall–Kier alpha value is -0.770. The van der Waals surface area contributed by atoms with Gasteiger partial charge in [-0.15, -0.1) is 0 Å². The van der Waals surface area contributed by atoms with Gasteiger partial charge < -0.3 is 14.4 Å². The SMILES string of the molecule is [B]C1(O)Cc2cccc(B3OC(C)(C)C(C)(C)O3)c2C1. The van der Waals surface area contributed by atoms with Crippen molar-refractivity contribution in [2.45, 2.75) is 57.2 Å². The van der Waals surface area contributed by atoms with Gasteiger partial charge in [-0.3, -0.25) is 0 Å². The lowest BCUT2D eigenvalue weighted by Crippen LogP contribution is -2.41. The first-order valence-corrected chi connectivity index (χ1v) is 7.09. The Kier molecular flexibility index (Phi) is 2.92. The van der Waals surface area contributed by atoms with Crippen LogP contribution in [-0.4, -0.2) is 36.8 Å². The molecule has 1 aromatic carbocycles. The highest BCUT2D eigenvalue weighted by molar-refractivity contribution is 6.62. The molecule has 1 atom stereocenters. The summed E-state index contributed by atoms with van der Waals surface area (Å²) in [5.74, 6) is 0. The lowest BCUT2D eigenvalue weighted by molar-refractivity contribution is 0.00578. The highest BCUT2D eigenvalue weighted by Crippen LogP contribution is 2.37. The summed E-state index contributed by atoms with van der Waals surface area (Å²) < 4.78 is 12.2. The van der Waals surface area contributed by atoms with Gasteiger partial charge in [0.05, 0.1) is 11.2 Å². The van der Waals surface area contributed by atoms with E-state index >= 15 is 0 Å². The third kappa shape index (κ3) is 2.12. The van der Waals surface area contributed by atoms with E-state index in [0.717, 1.165) is 16.6 Å². The predicted molar refractivity (Wildman–Crippen MR) is 80.3 cm³/mol. The fourth-order valence-electron chi connectivity index (χ4n) is 2.92. The molecule has 1 fully saturated rings. The summed E-state index contributed by atoms with van der Waals surface area (Å²) in [6.45, 7) is 8.15. The predicted octanol–water partition coefficient (Wildman–Crippen LogP) is 0.941. The first kappa shape index (κ1) is 14.2. The van der Waals surface area contributed by atoms with Crippen LogP contribution >= 0.6 is 0 Å². The number of rotatable bonds is 1. The van der Waals surface area contributed by atoms with Crippen LogP contribution in [0.4, 0.5) is 0 Å². The van der Waals surface area contributed by atoms with Gasteiger partial charge in [0.2, 0.25) is 0 Å². The maximum absolute atomic E-state index is 10.1. The Morgan fingerprint density at radius 1 is 1.10 bits per heavy atom. The fourth-order valence-corrected chi connectivity index (χ4v) is 2.92. The summed E-state index contributed by atoms with van der Waals surface area (Å²) in [5.41, 5.74) is 1.26. The number of hydrogen-bond acceptors (Lipinski definition) is 3. The molecule has 20 heavy (non-hydrogen) atoms. The minimum atomic E-state index is -1.15. The zero-order chi connectivity index (χ0) is 14.8. The molecule has 0 bridgehead atoms. The Bertz CT molecular complexity index is 536. The Morgan fingerprint density at radius 2 is 1.70 bits per heavy atom. The molecule has 1 saturated heterocycles. The zero-order valence-corrected chi connectivity index (χ0v) is 12.6. The standard InChI is InChI=1S/C15H20B2O3/c1-13(2)14(3,4)20-17(19-13)12-7-5-6-10-8-15(16,18)9-11(10)12/h5-7,18H,8-9H2,1-4H3. The lowest BCUT2D eigenvalue weighted by Gasteiger charge is -2.32. The number of aliphatic hydroxyl groups is 1. The van der Waals surface area contributed by atoms with Crippen molar-refractivity contribution in [3.05, 3.63) is 29.3 Å². The second-order valence-electron chi connectivity index (χ2n) is 7.03. The van der Waals surface area contributed by atoms with Crippen molar-refractivity contribution in [1.29, 1.82) is 0 Å². The first-order valence-electron chi connectivity index (χ1n) is 7.09. The van der Waals surface area contributed by atoms with E-state index in [2.05, 4.69) is 0 Å². The van der Waals surface area contributed by atoms with Gasteiger partial charge in [-0.05, 0) is 57.1 Å². The van der Waals surface area contributed by atoms with Crippen LogP contribution in [0.1, 0.15) is 38.8 Å². The third-order valence-corrected chi connectivity index (χ3v) is 4.80. The van der Waals surface area contributed by atoms with E-state index in [1.807, 2.05) is 45.9 Å². The summed E-state index contributed by atoms with van der Waals surface area (Å²) in [4.78, 5) is 0. The van der Waals surface area contributed by atoms with E-state index in [9.17, 15) is 5.11 Å². The molecule has 1 aromatic rings. The second-order valence-corrected chi connectivity index (χ2v) is 7.03. The second kappa shape index (κ2) is 4.12. The van der Waals surface area contributed by atoms with Crippen LogP contribution < -0.4 is 5.46 Å². The molecular weight excluding hydrogens is 250 g/mol. The van der Waals surface area contributed by atoms with Crippen LogP contribution in [0, 0.1) is 0 Å². The molecule has 3 rings (SSSR count). The van der Waals surface area contributed by atoms with Crippen LogP contribution in [0.3, 0.4) is 0 Å². The van der Waals surface area contributed by atoms with Gasteiger partial charge in [-0.25, -0.2) is 0 Å². The Balaban J connectivity index is 1.97. The van der Waals surface area contributed by atoms with E-state index in [0.29, 0.717) is 12.8 Å². The van der Waals surface area contributed by atoms with Crippen molar-refractivity contribution in [3.8, 4) is 0 Å². The van der Waals surface area contributed by atoms with Crippen LogP contribution in [0.2, 0.25) is 0 Å². The molecule has 1 aliphatic carbocycles. The van der Waals surface area contributed by atoms with Crippen molar-refractivity contribution in [1.82, 2.24) is 0 Å². The summed E-state index contributed by atoms with van der Waals surface area (Å²) >= 11 is 0. The van der Waals surface area contributed by atoms with Gasteiger partial charge >= 0.3 is 7.12 Å². The highest BCUT2D eigenvalue weighted by atomic mass is 16.7. The molecule has 3 nitrogen and oxygen atoms in total. The van der Waals surface area contributed by atoms with Crippen molar-refractivity contribution >= 4 is 20.4 Å². The molecule has 0 aromatic heterocycles. The number of fused-ring (bicyclic) bond motifs is 1. The van der Waals surface area contributed by atoms with Gasteiger partial charge in [0.15, 0.2) is 0 Å². The lowest BCUT2D eigenvalue weighted by atomic mass is 9.73. The average molecular weight is 270 g/mol. The maximum Gasteiger partial charge on any atom is 0.495 e. The molecule has 1 N–H and O–H groups in total. The molecule has 0 spiro atoms. The van der Waals surface area contributed by atoms with Crippen molar-refractivity contribution < 1.29 is 14.4 Å². The van der Waals surface area contributed by atoms with E-state index in [4.69, 9.17) is 17.2 Å². The quantitative estimate of drug-likeness (QED) is 0.772. The Morgan fingerprint density at radius 3 is 2.30 bits per heavy atom. The van der Waals surface area contributed by atoms with Gasteiger partial charge in [-0.1, -0.05) is 18.2 Å². The monoisotopic (exact) mass is 270 g/mol. The molecule has 0 amide bonds. The number of benzene rings is 1. The molecule has 5 heteroatoms. The molecule has 1 heterocycles. The van der Waals surface area contributed by atoms with E-state index in [1.54, 1.807) is 0 Å². The highest BCUT2D eigenvalue weighted by Gasteiger charge is 2.52. The maximum atomic E-state index is 10.1. The molecular formula is C15H20B2O3. The Labute approximate surface area is 122 Å². The fraction of sp³-hybridized carbons (Fsp3) is 0.600. The zero-order valence-electron chi connectivity index (χ0n) is 12.6. The van der Waals surface area contributed by atoms with E-state index in [1.165, 1.54) is 0 Å². The van der Waals surface area contributed by atoms with Crippen molar-refractivity contribution in [2.75, 3.05) is 0 Å². The average Bonchev–Trinajstić information content (AvgIpc) is 2.70.